The molecule has 0 spiro atoms. The molecular formula is C16H19ClS. The van der Waals surface area contributed by atoms with Gasteiger partial charge in [-0.1, -0.05) is 45.0 Å². The quantitative estimate of drug-likeness (QED) is 0.624. The van der Waals surface area contributed by atoms with Crippen LogP contribution in [0.1, 0.15) is 53.6 Å². The first kappa shape index (κ1) is 13.6. The SMILES string of the molecule is CCc1ccsc1C(Cl)c1ccc(C(C)C)cc1. The van der Waals surface area contributed by atoms with Crippen LogP contribution < -0.4 is 0 Å². The predicted octanol–water partition coefficient (Wildman–Crippen LogP) is 5.76. The van der Waals surface area contributed by atoms with Gasteiger partial charge in [0.2, 0.25) is 0 Å². The number of rotatable bonds is 4. The van der Waals surface area contributed by atoms with E-state index in [1.165, 1.54) is 21.6 Å². The van der Waals surface area contributed by atoms with Gasteiger partial charge in [0.15, 0.2) is 0 Å². The Labute approximate surface area is 119 Å². The lowest BCUT2D eigenvalue weighted by molar-refractivity contribution is 0.865. The van der Waals surface area contributed by atoms with Gasteiger partial charge in [-0.25, -0.2) is 0 Å². The third-order valence-corrected chi connectivity index (χ3v) is 4.91. The Bertz CT molecular complexity index is 496. The van der Waals surface area contributed by atoms with Crippen LogP contribution in [-0.4, -0.2) is 0 Å². The van der Waals surface area contributed by atoms with Crippen LogP contribution in [0, 0.1) is 0 Å². The highest BCUT2D eigenvalue weighted by Gasteiger charge is 2.15. The lowest BCUT2D eigenvalue weighted by Gasteiger charge is -2.12. The Morgan fingerprint density at radius 2 is 1.67 bits per heavy atom. The van der Waals surface area contributed by atoms with Crippen LogP contribution in [0.25, 0.3) is 0 Å². The van der Waals surface area contributed by atoms with Crippen LogP contribution in [0.15, 0.2) is 35.7 Å². The Morgan fingerprint density at radius 1 is 1.06 bits per heavy atom. The van der Waals surface area contributed by atoms with Crippen LogP contribution in [0.2, 0.25) is 0 Å². The molecule has 0 aliphatic carbocycles. The zero-order valence-corrected chi connectivity index (χ0v) is 12.7. The summed E-state index contributed by atoms with van der Waals surface area (Å²) in [5.41, 5.74) is 3.93. The Hall–Kier alpha value is -0.790. The summed E-state index contributed by atoms with van der Waals surface area (Å²) in [4.78, 5) is 1.29. The van der Waals surface area contributed by atoms with Crippen molar-refractivity contribution in [1.82, 2.24) is 0 Å². The summed E-state index contributed by atoms with van der Waals surface area (Å²) in [5.74, 6) is 0.570. The molecule has 0 saturated heterocycles. The van der Waals surface area contributed by atoms with Gasteiger partial charge in [0.1, 0.15) is 0 Å². The predicted molar refractivity (Wildman–Crippen MR) is 81.9 cm³/mol. The second-order valence-corrected chi connectivity index (χ2v) is 6.23. The molecule has 1 atom stereocenters. The van der Waals surface area contributed by atoms with Gasteiger partial charge < -0.3 is 0 Å². The zero-order chi connectivity index (χ0) is 13.1. The minimum Gasteiger partial charge on any atom is -0.147 e. The molecule has 18 heavy (non-hydrogen) atoms. The molecule has 2 rings (SSSR count). The molecule has 0 fully saturated rings. The average Bonchev–Trinajstić information content (AvgIpc) is 2.86. The molecule has 96 valence electrons. The highest BCUT2D eigenvalue weighted by atomic mass is 35.5. The van der Waals surface area contributed by atoms with Crippen molar-refractivity contribution < 1.29 is 0 Å². The highest BCUT2D eigenvalue weighted by Crippen LogP contribution is 2.35. The summed E-state index contributed by atoms with van der Waals surface area (Å²) >= 11 is 8.35. The van der Waals surface area contributed by atoms with Crippen LogP contribution in [0.3, 0.4) is 0 Å². The second kappa shape index (κ2) is 5.90. The van der Waals surface area contributed by atoms with Crippen molar-refractivity contribution in [3.63, 3.8) is 0 Å². The van der Waals surface area contributed by atoms with Gasteiger partial charge in [-0.3, -0.25) is 0 Å². The molecule has 0 saturated carbocycles. The second-order valence-electron chi connectivity index (χ2n) is 4.85. The maximum absolute atomic E-state index is 6.60. The van der Waals surface area contributed by atoms with Crippen LogP contribution in [0.4, 0.5) is 0 Å². The minimum atomic E-state index is -0.0128. The molecule has 1 heterocycles. The van der Waals surface area contributed by atoms with Gasteiger partial charge in [-0.2, -0.15) is 0 Å². The van der Waals surface area contributed by atoms with E-state index in [4.69, 9.17) is 11.6 Å². The molecule has 1 aromatic heterocycles. The smallest absolute Gasteiger partial charge is 0.0930 e. The molecule has 0 bridgehead atoms. The summed E-state index contributed by atoms with van der Waals surface area (Å²) in [6, 6.07) is 10.9. The summed E-state index contributed by atoms with van der Waals surface area (Å²) in [7, 11) is 0. The number of halogens is 1. The number of aryl methyl sites for hydroxylation is 1. The van der Waals surface area contributed by atoms with E-state index >= 15 is 0 Å². The molecule has 0 nitrogen and oxygen atoms in total. The molecule has 2 aromatic rings. The van der Waals surface area contributed by atoms with Crippen molar-refractivity contribution >= 4 is 22.9 Å². The Kier molecular flexibility index (Phi) is 4.47. The van der Waals surface area contributed by atoms with Crippen LogP contribution in [0.5, 0.6) is 0 Å². The third-order valence-electron chi connectivity index (χ3n) is 3.29. The average molecular weight is 279 g/mol. The largest absolute Gasteiger partial charge is 0.147 e. The zero-order valence-electron chi connectivity index (χ0n) is 11.1. The first-order valence-electron chi connectivity index (χ1n) is 6.43. The van der Waals surface area contributed by atoms with Gasteiger partial charge in [0.25, 0.3) is 0 Å². The molecule has 1 aromatic carbocycles. The third kappa shape index (κ3) is 2.78. The molecule has 2 heteroatoms. The van der Waals surface area contributed by atoms with E-state index < -0.39 is 0 Å². The fraction of sp³-hybridized carbons (Fsp3) is 0.375. The summed E-state index contributed by atoms with van der Waals surface area (Å²) in [6.07, 6.45) is 1.05. The van der Waals surface area contributed by atoms with E-state index in [9.17, 15) is 0 Å². The fourth-order valence-corrected chi connectivity index (χ4v) is 3.50. The van der Waals surface area contributed by atoms with E-state index in [0.29, 0.717) is 5.92 Å². The maximum atomic E-state index is 6.60. The monoisotopic (exact) mass is 278 g/mol. The first-order valence-corrected chi connectivity index (χ1v) is 7.75. The molecule has 1 unspecified atom stereocenters. The summed E-state index contributed by atoms with van der Waals surface area (Å²) in [5, 5.41) is 2.12. The van der Waals surface area contributed by atoms with E-state index in [0.717, 1.165) is 6.42 Å². The number of alkyl halides is 1. The van der Waals surface area contributed by atoms with Crippen LogP contribution >= 0.6 is 22.9 Å². The minimum absolute atomic E-state index is 0.0128. The van der Waals surface area contributed by atoms with Gasteiger partial charge in [0.05, 0.1) is 5.38 Å². The van der Waals surface area contributed by atoms with Crippen molar-refractivity contribution in [2.75, 3.05) is 0 Å². The molecule has 0 amide bonds. The Morgan fingerprint density at radius 3 is 2.22 bits per heavy atom. The van der Waals surface area contributed by atoms with E-state index in [1.807, 2.05) is 0 Å². The van der Waals surface area contributed by atoms with Crippen molar-refractivity contribution in [2.24, 2.45) is 0 Å². The van der Waals surface area contributed by atoms with Crippen molar-refractivity contribution in [2.45, 2.75) is 38.5 Å². The first-order chi connectivity index (χ1) is 8.63. The molecular weight excluding hydrogens is 260 g/mol. The number of hydrogen-bond donors (Lipinski definition) is 0. The Balaban J connectivity index is 2.26. The summed E-state index contributed by atoms with van der Waals surface area (Å²) < 4.78 is 0. The number of thiophene rings is 1. The van der Waals surface area contributed by atoms with E-state index in [1.54, 1.807) is 11.3 Å². The normalized spacial score (nSPS) is 12.9. The summed E-state index contributed by atoms with van der Waals surface area (Å²) in [6.45, 7) is 6.60. The van der Waals surface area contributed by atoms with Gasteiger partial charge in [-0.15, -0.1) is 22.9 Å². The van der Waals surface area contributed by atoms with Crippen molar-refractivity contribution in [1.29, 1.82) is 0 Å². The lowest BCUT2D eigenvalue weighted by Crippen LogP contribution is -1.95. The maximum Gasteiger partial charge on any atom is 0.0930 e. The van der Waals surface area contributed by atoms with E-state index in [-0.39, 0.29) is 5.38 Å². The molecule has 0 radical (unpaired) electrons. The van der Waals surface area contributed by atoms with Crippen molar-refractivity contribution in [3.05, 3.63) is 57.3 Å². The molecule has 0 aliphatic heterocycles. The fourth-order valence-electron chi connectivity index (χ4n) is 2.06. The van der Waals surface area contributed by atoms with E-state index in [2.05, 4.69) is 56.5 Å². The highest BCUT2D eigenvalue weighted by molar-refractivity contribution is 7.10. The lowest BCUT2D eigenvalue weighted by atomic mass is 9.99. The van der Waals surface area contributed by atoms with Crippen LogP contribution in [-0.2, 0) is 6.42 Å². The topological polar surface area (TPSA) is 0 Å². The standard InChI is InChI=1S/C16H19ClS/c1-4-12-9-10-18-16(12)15(17)14-7-5-13(6-8-14)11(2)3/h5-11,15H,4H2,1-3H3. The molecule has 0 aliphatic rings. The van der Waals surface area contributed by atoms with Gasteiger partial charge in [-0.05, 0) is 40.5 Å². The van der Waals surface area contributed by atoms with Gasteiger partial charge in [0, 0.05) is 4.88 Å². The molecule has 0 N–H and O–H groups in total. The van der Waals surface area contributed by atoms with Gasteiger partial charge >= 0.3 is 0 Å². The number of hydrogen-bond acceptors (Lipinski definition) is 1. The van der Waals surface area contributed by atoms with Crippen molar-refractivity contribution in [3.8, 4) is 0 Å². The number of benzene rings is 1.